The summed E-state index contributed by atoms with van der Waals surface area (Å²) in [5.41, 5.74) is 1.18. The van der Waals surface area contributed by atoms with Gasteiger partial charge in [0.1, 0.15) is 5.82 Å². The molecule has 4 unspecified atom stereocenters. The molecule has 3 amide bonds. The number of nitrogens with zero attached hydrogens (tertiary/aromatic N) is 3. The minimum absolute atomic E-state index is 0.0980. The van der Waals surface area contributed by atoms with E-state index in [0.717, 1.165) is 35.7 Å². The van der Waals surface area contributed by atoms with Gasteiger partial charge in [0.25, 0.3) is 0 Å². The van der Waals surface area contributed by atoms with Gasteiger partial charge in [0.05, 0.1) is 12.3 Å². The number of hydrogen-bond donors (Lipinski definition) is 2. The molecule has 7 nitrogen and oxygen atoms in total. The van der Waals surface area contributed by atoms with E-state index >= 15 is 0 Å². The highest BCUT2D eigenvalue weighted by Gasteiger charge is 2.42. The zero-order chi connectivity index (χ0) is 22.1. The number of carbonyl (C=O) groups excluding carboxylic acids is 2. The molecule has 2 bridgehead atoms. The quantitative estimate of drug-likeness (QED) is 0.591. The minimum Gasteiger partial charge on any atom is -0.335 e. The van der Waals surface area contributed by atoms with Crippen molar-refractivity contribution >= 4 is 23.7 Å². The molecule has 1 aromatic heterocycles. The molecule has 3 aliphatic rings. The Morgan fingerprint density at radius 2 is 1.94 bits per heavy atom. The van der Waals surface area contributed by atoms with Crippen LogP contribution in [0.4, 0.5) is 4.79 Å². The van der Waals surface area contributed by atoms with Crippen LogP contribution in [-0.2, 0) is 11.3 Å². The normalized spacial score (nSPS) is 25.0. The van der Waals surface area contributed by atoms with Crippen LogP contribution in [0.3, 0.4) is 0 Å². The molecule has 0 saturated heterocycles. The highest BCUT2D eigenvalue weighted by molar-refractivity contribution is 7.99. The largest absolute Gasteiger partial charge is 0.335 e. The molecule has 0 aliphatic heterocycles. The fourth-order valence-electron chi connectivity index (χ4n) is 5.51. The number of carbonyl (C=O) groups is 2. The van der Waals surface area contributed by atoms with E-state index in [-0.39, 0.29) is 17.7 Å². The van der Waals surface area contributed by atoms with Crippen molar-refractivity contribution in [2.75, 3.05) is 5.75 Å². The number of thioether (sulfide) groups is 1. The maximum Gasteiger partial charge on any atom is 0.321 e. The second kappa shape index (κ2) is 9.25. The van der Waals surface area contributed by atoms with E-state index in [2.05, 4.69) is 44.5 Å². The molecule has 3 fully saturated rings. The summed E-state index contributed by atoms with van der Waals surface area (Å²) in [6.07, 6.45) is 7.41. The average Bonchev–Trinajstić information content (AvgIpc) is 3.21. The molecule has 0 radical (unpaired) electrons. The van der Waals surface area contributed by atoms with Gasteiger partial charge in [-0.25, -0.2) is 4.79 Å². The number of imide groups is 1. The molecule has 2 N–H and O–H groups in total. The van der Waals surface area contributed by atoms with Crippen molar-refractivity contribution in [1.82, 2.24) is 25.4 Å². The maximum atomic E-state index is 12.4. The van der Waals surface area contributed by atoms with Crippen molar-refractivity contribution in [3.8, 4) is 0 Å². The number of fused-ring (bicyclic) bond motifs is 2. The SMILES string of the molecule is CC(NC(=O)NC(=O)CSc1nnc(C2CC2)n1Cc1ccccc1)C1CC2CCC1C2. The first kappa shape index (κ1) is 21.5. The van der Waals surface area contributed by atoms with Crippen molar-refractivity contribution in [2.24, 2.45) is 17.8 Å². The number of urea groups is 1. The molecule has 8 heteroatoms. The van der Waals surface area contributed by atoms with Crippen molar-refractivity contribution in [2.45, 2.75) is 69.1 Å². The number of aromatic nitrogens is 3. The van der Waals surface area contributed by atoms with Crippen molar-refractivity contribution < 1.29 is 9.59 Å². The first-order chi connectivity index (χ1) is 15.6. The highest BCUT2D eigenvalue weighted by atomic mass is 32.2. The molecule has 1 heterocycles. The Bertz CT molecular complexity index is 974. The summed E-state index contributed by atoms with van der Waals surface area (Å²) in [6.45, 7) is 2.75. The van der Waals surface area contributed by atoms with Crippen LogP contribution in [-0.4, -0.2) is 38.5 Å². The van der Waals surface area contributed by atoms with Gasteiger partial charge in [-0.1, -0.05) is 48.5 Å². The van der Waals surface area contributed by atoms with E-state index in [9.17, 15) is 9.59 Å². The number of rotatable bonds is 8. The third kappa shape index (κ3) is 4.85. The number of amides is 3. The van der Waals surface area contributed by atoms with Crippen LogP contribution in [0.15, 0.2) is 35.5 Å². The molecular weight excluding hydrogens is 422 g/mol. The lowest BCUT2D eigenvalue weighted by molar-refractivity contribution is -0.117. The van der Waals surface area contributed by atoms with Gasteiger partial charge in [0.15, 0.2) is 5.16 Å². The van der Waals surface area contributed by atoms with E-state index in [0.29, 0.717) is 18.4 Å². The van der Waals surface area contributed by atoms with Gasteiger partial charge in [0, 0.05) is 12.0 Å². The summed E-state index contributed by atoms with van der Waals surface area (Å²) in [4.78, 5) is 24.8. The Labute approximate surface area is 193 Å². The van der Waals surface area contributed by atoms with Gasteiger partial charge in [0.2, 0.25) is 5.91 Å². The Hall–Kier alpha value is -2.35. The smallest absolute Gasteiger partial charge is 0.321 e. The summed E-state index contributed by atoms with van der Waals surface area (Å²) in [6, 6.07) is 9.91. The number of nitrogens with one attached hydrogen (secondary N) is 2. The lowest BCUT2D eigenvalue weighted by atomic mass is 9.84. The minimum atomic E-state index is -0.393. The predicted octanol–water partition coefficient (Wildman–Crippen LogP) is 3.95. The molecule has 32 heavy (non-hydrogen) atoms. The van der Waals surface area contributed by atoms with Crippen LogP contribution in [0, 0.1) is 17.8 Å². The summed E-state index contributed by atoms with van der Waals surface area (Å²) in [5, 5.41) is 14.9. The summed E-state index contributed by atoms with van der Waals surface area (Å²) >= 11 is 1.33. The van der Waals surface area contributed by atoms with E-state index < -0.39 is 6.03 Å². The lowest BCUT2D eigenvalue weighted by Crippen LogP contribution is -2.47. The predicted molar refractivity (Wildman–Crippen MR) is 123 cm³/mol. The van der Waals surface area contributed by atoms with E-state index in [1.165, 1.54) is 43.0 Å². The lowest BCUT2D eigenvalue weighted by Gasteiger charge is -2.28. The summed E-state index contributed by atoms with van der Waals surface area (Å²) in [7, 11) is 0. The van der Waals surface area contributed by atoms with Crippen LogP contribution in [0.5, 0.6) is 0 Å². The average molecular weight is 454 g/mol. The molecule has 1 aromatic carbocycles. The van der Waals surface area contributed by atoms with Crippen LogP contribution in [0.1, 0.15) is 62.8 Å². The Morgan fingerprint density at radius 3 is 2.62 bits per heavy atom. The van der Waals surface area contributed by atoms with Gasteiger partial charge in [-0.2, -0.15) is 0 Å². The number of benzene rings is 1. The third-order valence-corrected chi connectivity index (χ3v) is 8.22. The first-order valence-corrected chi connectivity index (χ1v) is 12.8. The zero-order valence-electron chi connectivity index (χ0n) is 18.5. The molecule has 2 aromatic rings. The van der Waals surface area contributed by atoms with Gasteiger partial charge in [-0.05, 0) is 62.3 Å². The van der Waals surface area contributed by atoms with Gasteiger partial charge in [-0.15, -0.1) is 10.2 Å². The fourth-order valence-corrected chi connectivity index (χ4v) is 6.26. The zero-order valence-corrected chi connectivity index (χ0v) is 19.3. The summed E-state index contributed by atoms with van der Waals surface area (Å²) in [5.74, 6) is 3.40. The Kier molecular flexibility index (Phi) is 6.22. The van der Waals surface area contributed by atoms with Crippen LogP contribution < -0.4 is 10.6 Å². The second-order valence-electron chi connectivity index (χ2n) is 9.62. The maximum absolute atomic E-state index is 12.4. The van der Waals surface area contributed by atoms with Crippen molar-refractivity contribution in [3.05, 3.63) is 41.7 Å². The van der Waals surface area contributed by atoms with Gasteiger partial charge < -0.3 is 9.88 Å². The Balaban J connectivity index is 1.14. The third-order valence-electron chi connectivity index (χ3n) is 7.25. The topological polar surface area (TPSA) is 88.9 Å². The van der Waals surface area contributed by atoms with Crippen molar-refractivity contribution in [3.63, 3.8) is 0 Å². The van der Waals surface area contributed by atoms with Gasteiger partial charge >= 0.3 is 6.03 Å². The van der Waals surface area contributed by atoms with Crippen LogP contribution in [0.25, 0.3) is 0 Å². The molecule has 4 atom stereocenters. The highest BCUT2D eigenvalue weighted by Crippen LogP contribution is 2.49. The number of hydrogen-bond acceptors (Lipinski definition) is 5. The van der Waals surface area contributed by atoms with Crippen molar-refractivity contribution in [1.29, 1.82) is 0 Å². The first-order valence-electron chi connectivity index (χ1n) is 11.8. The van der Waals surface area contributed by atoms with Gasteiger partial charge in [-0.3, -0.25) is 10.1 Å². The van der Waals surface area contributed by atoms with E-state index in [1.54, 1.807) is 0 Å². The Morgan fingerprint density at radius 1 is 1.12 bits per heavy atom. The van der Waals surface area contributed by atoms with E-state index in [1.807, 2.05) is 18.2 Å². The fraction of sp³-hybridized carbons (Fsp3) is 0.583. The monoisotopic (exact) mass is 453 g/mol. The molecule has 5 rings (SSSR count). The molecule has 0 spiro atoms. The van der Waals surface area contributed by atoms with Crippen LogP contribution in [0.2, 0.25) is 0 Å². The molecular formula is C24H31N5O2S. The standard InChI is InChI=1S/C24H31N5O2S/c1-15(20-12-17-7-8-19(20)11-17)25-23(31)26-21(30)14-32-24-28-27-22(18-9-10-18)29(24)13-16-5-3-2-4-6-16/h2-6,15,17-20H,7-14H2,1H3,(H2,25,26,30,31). The second-order valence-corrected chi connectivity index (χ2v) is 10.6. The summed E-state index contributed by atoms with van der Waals surface area (Å²) < 4.78 is 2.11. The molecule has 3 aliphatic carbocycles. The van der Waals surface area contributed by atoms with Crippen LogP contribution >= 0.6 is 11.8 Å². The van der Waals surface area contributed by atoms with E-state index in [4.69, 9.17) is 0 Å². The molecule has 3 saturated carbocycles. The molecule has 170 valence electrons.